The summed E-state index contributed by atoms with van der Waals surface area (Å²) in [4.78, 5) is 20.7. The molecule has 0 unspecified atom stereocenters. The highest BCUT2D eigenvalue weighted by Crippen LogP contribution is 2.18. The maximum absolute atomic E-state index is 11.4. The number of amides is 1. The molecule has 0 aromatic rings. The number of hydrogen-bond acceptors (Lipinski definition) is 3. The van der Waals surface area contributed by atoms with Crippen LogP contribution in [-0.4, -0.2) is 18.6 Å². The Morgan fingerprint density at radius 3 is 2.85 bits per heavy atom. The monoisotopic (exact) mass is 183 g/mol. The molecule has 2 rings (SSSR count). The summed E-state index contributed by atoms with van der Waals surface area (Å²) in [7, 11) is 0. The van der Waals surface area contributed by atoms with Crippen LogP contribution in [0.2, 0.25) is 0 Å². The van der Waals surface area contributed by atoms with Crippen LogP contribution in [0.3, 0.4) is 0 Å². The number of carbonyl (C=O) groups is 1. The normalized spacial score (nSPS) is 22.6. The summed E-state index contributed by atoms with van der Waals surface area (Å²) >= 11 is 0. The van der Waals surface area contributed by atoms with Crippen molar-refractivity contribution in [2.24, 2.45) is 0 Å². The zero-order valence-corrected chi connectivity index (χ0v) is 7.41. The number of hydrogen-bond donors (Lipinski definition) is 1. The number of carbonyl (C=O) groups excluding carboxylic acids is 1. The van der Waals surface area contributed by atoms with Crippen molar-refractivity contribution in [3.63, 3.8) is 0 Å². The first-order valence-corrected chi connectivity index (χ1v) is 4.67. The highest BCUT2D eigenvalue weighted by molar-refractivity contribution is 5.91. The molecule has 13 heavy (non-hydrogen) atoms. The molecule has 1 fully saturated rings. The van der Waals surface area contributed by atoms with E-state index in [1.165, 1.54) is 12.8 Å². The predicted octanol–water partition coefficient (Wildman–Crippen LogP) is 0.891. The molecular weight excluding hydrogens is 170 g/mol. The van der Waals surface area contributed by atoms with Gasteiger partial charge in [0.1, 0.15) is 6.61 Å². The van der Waals surface area contributed by atoms with Crippen LogP contribution < -0.4 is 5.32 Å². The minimum atomic E-state index is -0.149. The van der Waals surface area contributed by atoms with Crippen LogP contribution >= 0.6 is 0 Å². The molecule has 1 aliphatic carbocycles. The SMILES string of the molecule is O=C(NC1CCCC1)C1=CCOO1. The minimum absolute atomic E-state index is 0.149. The molecule has 72 valence electrons. The Bertz CT molecular complexity index is 231. The summed E-state index contributed by atoms with van der Waals surface area (Å²) in [5.41, 5.74) is 0. The van der Waals surface area contributed by atoms with E-state index in [9.17, 15) is 4.79 Å². The summed E-state index contributed by atoms with van der Waals surface area (Å²) in [6.45, 7) is 0.368. The first kappa shape index (κ1) is 8.56. The number of rotatable bonds is 2. The molecule has 0 aromatic carbocycles. The van der Waals surface area contributed by atoms with Gasteiger partial charge in [0.2, 0.25) is 5.76 Å². The Balaban J connectivity index is 1.83. The van der Waals surface area contributed by atoms with Gasteiger partial charge in [0.25, 0.3) is 5.91 Å². The van der Waals surface area contributed by atoms with E-state index in [1.807, 2.05) is 0 Å². The molecule has 0 bridgehead atoms. The third-order valence-corrected chi connectivity index (χ3v) is 2.40. The van der Waals surface area contributed by atoms with Crippen molar-refractivity contribution >= 4 is 5.91 Å². The molecule has 1 aliphatic heterocycles. The van der Waals surface area contributed by atoms with E-state index in [4.69, 9.17) is 0 Å². The molecule has 1 N–H and O–H groups in total. The largest absolute Gasteiger partial charge is 0.347 e. The fourth-order valence-corrected chi connectivity index (χ4v) is 1.70. The quantitative estimate of drug-likeness (QED) is 0.647. The lowest BCUT2D eigenvalue weighted by atomic mass is 10.2. The highest BCUT2D eigenvalue weighted by atomic mass is 17.2. The van der Waals surface area contributed by atoms with Crippen LogP contribution in [0.4, 0.5) is 0 Å². The molecule has 0 saturated heterocycles. The van der Waals surface area contributed by atoms with E-state index in [0.717, 1.165) is 12.8 Å². The second-order valence-electron chi connectivity index (χ2n) is 3.39. The Kier molecular flexibility index (Phi) is 2.49. The number of nitrogens with one attached hydrogen (secondary N) is 1. The van der Waals surface area contributed by atoms with Gasteiger partial charge in [0, 0.05) is 6.04 Å². The van der Waals surface area contributed by atoms with Crippen molar-refractivity contribution in [3.8, 4) is 0 Å². The lowest BCUT2D eigenvalue weighted by molar-refractivity contribution is -0.233. The van der Waals surface area contributed by atoms with E-state index in [0.29, 0.717) is 18.4 Å². The predicted molar refractivity (Wildman–Crippen MR) is 45.5 cm³/mol. The average Bonchev–Trinajstić information content (AvgIpc) is 2.74. The van der Waals surface area contributed by atoms with Crippen LogP contribution in [-0.2, 0) is 14.6 Å². The molecule has 4 heteroatoms. The summed E-state index contributed by atoms with van der Waals surface area (Å²) in [6.07, 6.45) is 6.23. The van der Waals surface area contributed by atoms with Gasteiger partial charge in [0.15, 0.2) is 0 Å². The molecule has 0 atom stereocenters. The van der Waals surface area contributed by atoms with Crippen molar-refractivity contribution in [1.29, 1.82) is 0 Å². The summed E-state index contributed by atoms with van der Waals surface area (Å²) < 4.78 is 0. The first-order valence-electron chi connectivity index (χ1n) is 4.67. The zero-order chi connectivity index (χ0) is 9.10. The second-order valence-corrected chi connectivity index (χ2v) is 3.39. The van der Waals surface area contributed by atoms with E-state index >= 15 is 0 Å². The fraction of sp³-hybridized carbons (Fsp3) is 0.667. The molecule has 1 heterocycles. The lowest BCUT2D eigenvalue weighted by Crippen LogP contribution is -2.33. The average molecular weight is 183 g/mol. The lowest BCUT2D eigenvalue weighted by Gasteiger charge is -2.10. The molecule has 1 saturated carbocycles. The van der Waals surface area contributed by atoms with Gasteiger partial charge in [-0.3, -0.25) is 4.79 Å². The van der Waals surface area contributed by atoms with Gasteiger partial charge in [-0.2, -0.15) is 4.89 Å². The maximum atomic E-state index is 11.4. The third-order valence-electron chi connectivity index (χ3n) is 2.40. The summed E-state index contributed by atoms with van der Waals surface area (Å²) in [5.74, 6) is 0.149. The summed E-state index contributed by atoms with van der Waals surface area (Å²) in [6, 6.07) is 0.331. The van der Waals surface area contributed by atoms with E-state index in [2.05, 4.69) is 15.1 Å². The Morgan fingerprint density at radius 1 is 1.46 bits per heavy atom. The summed E-state index contributed by atoms with van der Waals surface area (Å²) in [5, 5.41) is 2.91. The van der Waals surface area contributed by atoms with Gasteiger partial charge in [-0.15, -0.1) is 0 Å². The maximum Gasteiger partial charge on any atom is 0.290 e. The first-order chi connectivity index (χ1) is 6.36. The second kappa shape index (κ2) is 3.79. The Morgan fingerprint density at radius 2 is 2.23 bits per heavy atom. The molecular formula is C9H13NO3. The van der Waals surface area contributed by atoms with E-state index < -0.39 is 0 Å². The smallest absolute Gasteiger partial charge is 0.290 e. The van der Waals surface area contributed by atoms with Gasteiger partial charge in [-0.05, 0) is 18.9 Å². The standard InChI is InChI=1S/C9H13NO3/c11-9(8-5-6-12-13-8)10-7-3-1-2-4-7/h5,7H,1-4,6H2,(H,10,11). The van der Waals surface area contributed by atoms with Gasteiger partial charge < -0.3 is 10.2 Å². The Hall–Kier alpha value is -1.03. The molecule has 0 aromatic heterocycles. The van der Waals surface area contributed by atoms with Gasteiger partial charge in [-0.1, -0.05) is 12.8 Å². The van der Waals surface area contributed by atoms with Crippen LogP contribution in [0.15, 0.2) is 11.8 Å². The van der Waals surface area contributed by atoms with Crippen LogP contribution in [0.1, 0.15) is 25.7 Å². The van der Waals surface area contributed by atoms with Crippen LogP contribution in [0.25, 0.3) is 0 Å². The highest BCUT2D eigenvalue weighted by Gasteiger charge is 2.22. The Labute approximate surface area is 76.8 Å². The molecule has 0 radical (unpaired) electrons. The molecule has 0 spiro atoms. The molecule has 1 amide bonds. The zero-order valence-electron chi connectivity index (χ0n) is 7.41. The van der Waals surface area contributed by atoms with Crippen molar-refractivity contribution in [3.05, 3.63) is 11.8 Å². The minimum Gasteiger partial charge on any atom is -0.347 e. The topological polar surface area (TPSA) is 47.6 Å². The van der Waals surface area contributed by atoms with E-state index in [1.54, 1.807) is 6.08 Å². The van der Waals surface area contributed by atoms with Crippen molar-refractivity contribution in [2.45, 2.75) is 31.7 Å². The third kappa shape index (κ3) is 2.01. The van der Waals surface area contributed by atoms with Gasteiger partial charge in [0.05, 0.1) is 0 Å². The van der Waals surface area contributed by atoms with E-state index in [-0.39, 0.29) is 5.91 Å². The fourth-order valence-electron chi connectivity index (χ4n) is 1.70. The van der Waals surface area contributed by atoms with Crippen molar-refractivity contribution < 1.29 is 14.6 Å². The van der Waals surface area contributed by atoms with Crippen molar-refractivity contribution in [1.82, 2.24) is 5.32 Å². The van der Waals surface area contributed by atoms with Crippen LogP contribution in [0.5, 0.6) is 0 Å². The molecule has 2 aliphatic rings. The molecule has 4 nitrogen and oxygen atoms in total. The van der Waals surface area contributed by atoms with Gasteiger partial charge >= 0.3 is 0 Å². The van der Waals surface area contributed by atoms with Crippen molar-refractivity contribution in [2.75, 3.05) is 6.61 Å². The van der Waals surface area contributed by atoms with Crippen LogP contribution in [0, 0.1) is 0 Å². The van der Waals surface area contributed by atoms with Gasteiger partial charge in [-0.25, -0.2) is 0 Å².